The van der Waals surface area contributed by atoms with Crippen molar-refractivity contribution >= 4 is 5.78 Å². The molecule has 4 heteroatoms. The molecule has 1 aromatic heterocycles. The molecule has 1 aliphatic carbocycles. The standard InChI is InChI=1S/C22H30N2O2/c1-16-14-21(17(2)24(16)19-6-4-5-7-19)22(25)15-23-13-12-18-8-10-20(26-3)11-9-18/h8-11,14,19,23H,4-7,12-13,15H2,1-3H3. The highest BCUT2D eigenvalue weighted by molar-refractivity contribution is 5.99. The van der Waals surface area contributed by atoms with Crippen molar-refractivity contribution in [3.63, 3.8) is 0 Å². The number of ether oxygens (including phenoxy) is 1. The summed E-state index contributed by atoms with van der Waals surface area (Å²) in [5, 5.41) is 3.30. The third kappa shape index (κ3) is 4.18. The van der Waals surface area contributed by atoms with Crippen LogP contribution in [0.2, 0.25) is 0 Å². The number of hydrogen-bond acceptors (Lipinski definition) is 3. The molecule has 26 heavy (non-hydrogen) atoms. The van der Waals surface area contributed by atoms with E-state index >= 15 is 0 Å². The van der Waals surface area contributed by atoms with E-state index in [4.69, 9.17) is 4.74 Å². The topological polar surface area (TPSA) is 43.3 Å². The highest BCUT2D eigenvalue weighted by atomic mass is 16.5. The second-order valence-electron chi connectivity index (χ2n) is 7.29. The van der Waals surface area contributed by atoms with Crippen LogP contribution in [0.5, 0.6) is 5.75 Å². The van der Waals surface area contributed by atoms with E-state index in [9.17, 15) is 4.79 Å². The summed E-state index contributed by atoms with van der Waals surface area (Å²) in [4.78, 5) is 12.6. The van der Waals surface area contributed by atoms with Gasteiger partial charge in [-0.15, -0.1) is 0 Å². The number of aromatic nitrogens is 1. The molecular formula is C22H30N2O2. The molecule has 0 bridgehead atoms. The van der Waals surface area contributed by atoms with Crippen LogP contribution in [-0.2, 0) is 6.42 Å². The SMILES string of the molecule is COc1ccc(CCNCC(=O)c2cc(C)n(C3CCCC3)c2C)cc1. The average Bonchev–Trinajstić information content (AvgIpc) is 3.27. The van der Waals surface area contributed by atoms with Gasteiger partial charge in [-0.2, -0.15) is 0 Å². The molecule has 0 saturated heterocycles. The molecule has 140 valence electrons. The molecule has 3 rings (SSSR count). The van der Waals surface area contributed by atoms with Crippen molar-refractivity contribution in [2.24, 2.45) is 0 Å². The first-order chi connectivity index (χ1) is 12.6. The van der Waals surface area contributed by atoms with E-state index < -0.39 is 0 Å². The first-order valence-corrected chi connectivity index (χ1v) is 9.65. The van der Waals surface area contributed by atoms with Crippen molar-refractivity contribution in [1.82, 2.24) is 9.88 Å². The average molecular weight is 354 g/mol. The number of Topliss-reactive ketones (excluding diaryl/α,β-unsaturated/α-hetero) is 1. The van der Waals surface area contributed by atoms with Crippen molar-refractivity contribution in [2.45, 2.75) is 52.0 Å². The zero-order valence-electron chi connectivity index (χ0n) is 16.2. The normalized spacial score (nSPS) is 14.7. The highest BCUT2D eigenvalue weighted by Crippen LogP contribution is 2.33. The number of carbonyl (C=O) groups excluding carboxylic acids is 1. The number of ketones is 1. The summed E-state index contributed by atoms with van der Waals surface area (Å²) in [6.07, 6.45) is 5.99. The molecule has 0 aliphatic heterocycles. The zero-order chi connectivity index (χ0) is 18.5. The Labute approximate surface area is 156 Å². The third-order valence-corrected chi connectivity index (χ3v) is 5.51. The predicted octanol–water partition coefficient (Wildman–Crippen LogP) is 4.24. The van der Waals surface area contributed by atoms with Gasteiger partial charge in [-0.1, -0.05) is 25.0 Å². The van der Waals surface area contributed by atoms with Crippen molar-refractivity contribution in [3.05, 3.63) is 52.8 Å². The number of benzene rings is 1. The van der Waals surface area contributed by atoms with Gasteiger partial charge in [0.2, 0.25) is 0 Å². The number of methoxy groups -OCH3 is 1. The minimum absolute atomic E-state index is 0.192. The zero-order valence-corrected chi connectivity index (χ0v) is 16.2. The quantitative estimate of drug-likeness (QED) is 0.569. The fourth-order valence-corrected chi connectivity index (χ4v) is 4.11. The molecule has 1 saturated carbocycles. The molecule has 1 aromatic carbocycles. The molecule has 0 amide bonds. The molecule has 0 radical (unpaired) electrons. The first kappa shape index (κ1) is 18.7. The number of rotatable bonds is 8. The molecule has 1 fully saturated rings. The maximum absolute atomic E-state index is 12.6. The van der Waals surface area contributed by atoms with Crippen molar-refractivity contribution in [3.8, 4) is 5.75 Å². The summed E-state index contributed by atoms with van der Waals surface area (Å²) in [7, 11) is 1.67. The monoisotopic (exact) mass is 354 g/mol. The van der Waals surface area contributed by atoms with Gasteiger partial charge in [-0.3, -0.25) is 4.79 Å². The Bertz CT molecular complexity index is 740. The number of carbonyl (C=O) groups is 1. The predicted molar refractivity (Wildman–Crippen MR) is 105 cm³/mol. The minimum Gasteiger partial charge on any atom is -0.497 e. The molecule has 0 spiro atoms. The Morgan fingerprint density at radius 3 is 2.54 bits per heavy atom. The van der Waals surface area contributed by atoms with Gasteiger partial charge >= 0.3 is 0 Å². The summed E-state index contributed by atoms with van der Waals surface area (Å²) in [6.45, 7) is 5.40. The second kappa shape index (κ2) is 8.54. The van der Waals surface area contributed by atoms with Gasteiger partial charge in [0.1, 0.15) is 5.75 Å². The van der Waals surface area contributed by atoms with Crippen molar-refractivity contribution in [1.29, 1.82) is 0 Å². The van der Waals surface area contributed by atoms with Gasteiger partial charge in [0, 0.05) is 23.0 Å². The van der Waals surface area contributed by atoms with E-state index in [2.05, 4.69) is 41.9 Å². The fourth-order valence-electron chi connectivity index (χ4n) is 4.11. The number of nitrogens with one attached hydrogen (secondary N) is 1. The highest BCUT2D eigenvalue weighted by Gasteiger charge is 2.23. The Kier molecular flexibility index (Phi) is 6.15. The largest absolute Gasteiger partial charge is 0.497 e. The second-order valence-corrected chi connectivity index (χ2v) is 7.29. The summed E-state index contributed by atoms with van der Waals surface area (Å²) >= 11 is 0. The summed E-state index contributed by atoms with van der Waals surface area (Å²) < 4.78 is 7.56. The third-order valence-electron chi connectivity index (χ3n) is 5.51. The van der Waals surface area contributed by atoms with Gasteiger partial charge < -0.3 is 14.6 Å². The Morgan fingerprint density at radius 1 is 1.19 bits per heavy atom. The molecule has 1 aliphatic rings. The maximum Gasteiger partial charge on any atom is 0.178 e. The van der Waals surface area contributed by atoms with Crippen molar-refractivity contribution in [2.75, 3.05) is 20.2 Å². The van der Waals surface area contributed by atoms with Crippen LogP contribution in [0.1, 0.15) is 59.0 Å². The molecule has 1 heterocycles. The van der Waals surface area contributed by atoms with Crippen LogP contribution < -0.4 is 10.1 Å². The summed E-state index contributed by atoms with van der Waals surface area (Å²) in [6, 6.07) is 10.7. The molecule has 0 atom stereocenters. The van der Waals surface area contributed by atoms with Crippen LogP contribution in [0, 0.1) is 13.8 Å². The van der Waals surface area contributed by atoms with Gasteiger partial charge in [0.15, 0.2) is 5.78 Å². The molecule has 0 unspecified atom stereocenters. The van der Waals surface area contributed by atoms with Gasteiger partial charge in [0.05, 0.1) is 13.7 Å². The van der Waals surface area contributed by atoms with Crippen LogP contribution in [0.15, 0.2) is 30.3 Å². The van der Waals surface area contributed by atoms with Crippen LogP contribution in [-0.4, -0.2) is 30.5 Å². The number of hydrogen-bond donors (Lipinski definition) is 1. The minimum atomic E-state index is 0.192. The van der Waals surface area contributed by atoms with Gasteiger partial charge in [-0.05, 0) is 63.4 Å². The molecule has 4 nitrogen and oxygen atoms in total. The van der Waals surface area contributed by atoms with Crippen molar-refractivity contribution < 1.29 is 9.53 Å². The van der Waals surface area contributed by atoms with E-state index in [1.165, 1.54) is 36.9 Å². The Hall–Kier alpha value is -2.07. The van der Waals surface area contributed by atoms with Crippen LogP contribution in [0.4, 0.5) is 0 Å². The Balaban J connectivity index is 1.52. The molecular weight excluding hydrogens is 324 g/mol. The van der Waals surface area contributed by atoms with Crippen LogP contribution in [0.3, 0.4) is 0 Å². The van der Waals surface area contributed by atoms with E-state index in [0.29, 0.717) is 12.6 Å². The lowest BCUT2D eigenvalue weighted by Crippen LogP contribution is -2.25. The number of aryl methyl sites for hydroxylation is 1. The first-order valence-electron chi connectivity index (χ1n) is 9.65. The lowest BCUT2D eigenvalue weighted by Gasteiger charge is -2.17. The fraction of sp³-hybridized carbons (Fsp3) is 0.500. The van der Waals surface area contributed by atoms with Crippen LogP contribution >= 0.6 is 0 Å². The van der Waals surface area contributed by atoms with E-state index in [1.54, 1.807) is 7.11 Å². The van der Waals surface area contributed by atoms with Gasteiger partial charge in [-0.25, -0.2) is 0 Å². The van der Waals surface area contributed by atoms with E-state index in [-0.39, 0.29) is 5.78 Å². The molecule has 1 N–H and O–H groups in total. The molecule has 2 aromatic rings. The lowest BCUT2D eigenvalue weighted by molar-refractivity contribution is 0.0990. The lowest BCUT2D eigenvalue weighted by atomic mass is 10.1. The van der Waals surface area contributed by atoms with Crippen LogP contribution in [0.25, 0.3) is 0 Å². The maximum atomic E-state index is 12.6. The number of nitrogens with zero attached hydrogens (tertiary/aromatic N) is 1. The summed E-state index contributed by atoms with van der Waals surface area (Å²) in [5.74, 6) is 1.06. The summed E-state index contributed by atoms with van der Waals surface area (Å²) in [5.41, 5.74) is 4.48. The van der Waals surface area contributed by atoms with Gasteiger partial charge in [0.25, 0.3) is 0 Å². The van der Waals surface area contributed by atoms with E-state index in [1.807, 2.05) is 12.1 Å². The Morgan fingerprint density at radius 2 is 1.88 bits per heavy atom. The van der Waals surface area contributed by atoms with E-state index in [0.717, 1.165) is 30.0 Å². The smallest absolute Gasteiger partial charge is 0.178 e.